The number of para-hydroxylation sites is 1. The summed E-state index contributed by atoms with van der Waals surface area (Å²) < 4.78 is 15.5. The Morgan fingerprint density at radius 3 is 2.86 bits per heavy atom. The van der Waals surface area contributed by atoms with Crippen molar-refractivity contribution in [3.63, 3.8) is 0 Å². The van der Waals surface area contributed by atoms with Crippen molar-refractivity contribution in [1.29, 1.82) is 0 Å². The Hall–Kier alpha value is -2.21. The second-order valence-corrected chi connectivity index (χ2v) is 5.50. The summed E-state index contributed by atoms with van der Waals surface area (Å²) >= 11 is 3.15. The molecule has 0 amide bonds. The largest absolute Gasteiger partial charge is 0.478 e. The Bertz CT molecular complexity index is 873. The fraction of sp³-hybridized carbons (Fsp3) is 0.0667. The molecule has 0 spiro atoms. The van der Waals surface area contributed by atoms with Crippen molar-refractivity contribution in [3.05, 3.63) is 58.1 Å². The molecule has 0 unspecified atom stereocenters. The molecule has 0 saturated carbocycles. The lowest BCUT2D eigenvalue weighted by molar-refractivity contribution is 0.0698. The Labute approximate surface area is 128 Å². The predicted octanol–water partition coefficient (Wildman–Crippen LogP) is 3.93. The van der Waals surface area contributed by atoms with E-state index in [0.29, 0.717) is 26.8 Å². The predicted molar refractivity (Wildman–Crippen MR) is 80.4 cm³/mol. The molecule has 0 aliphatic carbocycles. The minimum absolute atomic E-state index is 0.157. The maximum atomic E-state index is 13.6. The van der Waals surface area contributed by atoms with Gasteiger partial charge in [0.2, 0.25) is 0 Å². The first-order valence-electron chi connectivity index (χ1n) is 6.14. The zero-order valence-electron chi connectivity index (χ0n) is 11.0. The van der Waals surface area contributed by atoms with Gasteiger partial charge in [-0.05, 0) is 52.7 Å². The monoisotopic (exact) mass is 348 g/mol. The first-order valence-corrected chi connectivity index (χ1v) is 6.93. The van der Waals surface area contributed by atoms with Gasteiger partial charge in [0.1, 0.15) is 12.1 Å². The molecule has 0 bridgehead atoms. The van der Waals surface area contributed by atoms with Gasteiger partial charge in [0.05, 0.1) is 26.8 Å². The first kappa shape index (κ1) is 13.8. The summed E-state index contributed by atoms with van der Waals surface area (Å²) in [6, 6.07) is 7.93. The molecule has 2 aromatic carbocycles. The van der Waals surface area contributed by atoms with Gasteiger partial charge in [-0.25, -0.2) is 14.2 Å². The third kappa shape index (κ3) is 2.21. The van der Waals surface area contributed by atoms with Crippen LogP contribution in [0.25, 0.3) is 16.7 Å². The molecule has 3 aromatic rings. The molecule has 1 heterocycles. The molecular formula is C15H10BrFN2O2. The van der Waals surface area contributed by atoms with Gasteiger partial charge in [-0.2, -0.15) is 0 Å². The zero-order valence-corrected chi connectivity index (χ0v) is 12.6. The Morgan fingerprint density at radius 2 is 2.14 bits per heavy atom. The van der Waals surface area contributed by atoms with Gasteiger partial charge < -0.3 is 5.11 Å². The van der Waals surface area contributed by atoms with Gasteiger partial charge in [0.25, 0.3) is 0 Å². The number of carboxylic acids is 1. The van der Waals surface area contributed by atoms with E-state index >= 15 is 0 Å². The van der Waals surface area contributed by atoms with Crippen LogP contribution in [0.1, 0.15) is 15.9 Å². The fourth-order valence-electron chi connectivity index (χ4n) is 2.32. The number of carbonyl (C=O) groups is 1. The molecule has 6 heteroatoms. The second-order valence-electron chi connectivity index (χ2n) is 4.65. The number of fused-ring (bicyclic) bond motifs is 1. The highest BCUT2D eigenvalue weighted by Gasteiger charge is 2.16. The van der Waals surface area contributed by atoms with Crippen LogP contribution < -0.4 is 0 Å². The molecule has 1 aromatic heterocycles. The average Bonchev–Trinajstić information content (AvgIpc) is 2.86. The van der Waals surface area contributed by atoms with Crippen LogP contribution in [0.5, 0.6) is 0 Å². The van der Waals surface area contributed by atoms with E-state index in [1.165, 1.54) is 12.1 Å². The highest BCUT2D eigenvalue weighted by Crippen LogP contribution is 2.27. The van der Waals surface area contributed by atoms with Crippen molar-refractivity contribution < 1.29 is 14.3 Å². The normalized spacial score (nSPS) is 11.0. The lowest BCUT2D eigenvalue weighted by Crippen LogP contribution is -2.03. The Balaban J connectivity index is 2.36. The summed E-state index contributed by atoms with van der Waals surface area (Å²) in [6.07, 6.45) is 1.55. The summed E-state index contributed by atoms with van der Waals surface area (Å²) in [5.41, 5.74) is 2.60. The van der Waals surface area contributed by atoms with Crippen molar-refractivity contribution in [2.45, 2.75) is 6.92 Å². The number of aryl methyl sites for hydroxylation is 1. The van der Waals surface area contributed by atoms with E-state index in [2.05, 4.69) is 20.9 Å². The number of carboxylic acid groups (broad SMARTS) is 1. The van der Waals surface area contributed by atoms with E-state index in [9.17, 15) is 14.3 Å². The van der Waals surface area contributed by atoms with Crippen LogP contribution in [0.3, 0.4) is 0 Å². The molecular weight excluding hydrogens is 339 g/mol. The van der Waals surface area contributed by atoms with Crippen molar-refractivity contribution in [3.8, 4) is 5.69 Å². The maximum absolute atomic E-state index is 13.6. The third-order valence-corrected chi connectivity index (χ3v) is 3.90. The minimum Gasteiger partial charge on any atom is -0.478 e. The molecule has 106 valence electrons. The number of halogens is 2. The summed E-state index contributed by atoms with van der Waals surface area (Å²) in [5, 5.41) is 9.33. The van der Waals surface area contributed by atoms with Crippen LogP contribution in [-0.2, 0) is 0 Å². The van der Waals surface area contributed by atoms with Crippen LogP contribution in [0.2, 0.25) is 0 Å². The van der Waals surface area contributed by atoms with E-state index in [1.54, 1.807) is 36.0 Å². The first-order chi connectivity index (χ1) is 9.99. The topological polar surface area (TPSA) is 55.1 Å². The van der Waals surface area contributed by atoms with Crippen molar-refractivity contribution in [2.24, 2.45) is 0 Å². The van der Waals surface area contributed by atoms with Gasteiger partial charge in [0.15, 0.2) is 0 Å². The van der Waals surface area contributed by atoms with Crippen LogP contribution in [0.15, 0.2) is 41.1 Å². The summed E-state index contributed by atoms with van der Waals surface area (Å²) in [7, 11) is 0. The van der Waals surface area contributed by atoms with E-state index in [4.69, 9.17) is 0 Å². The smallest absolute Gasteiger partial charge is 0.337 e. The number of rotatable bonds is 2. The highest BCUT2D eigenvalue weighted by molar-refractivity contribution is 9.10. The van der Waals surface area contributed by atoms with Gasteiger partial charge in [0, 0.05) is 0 Å². The SMILES string of the molecule is Cc1cc(F)c(Br)cc1-n1cnc2cccc(C(=O)O)c21. The standard InChI is InChI=1S/C15H10BrFN2O2/c1-8-5-11(17)10(16)6-13(8)19-7-18-12-4-2-3-9(14(12)19)15(20)21/h2-7H,1H3,(H,20,21). The maximum Gasteiger partial charge on any atom is 0.337 e. The molecule has 4 nitrogen and oxygen atoms in total. The number of nitrogens with zero attached hydrogens (tertiary/aromatic N) is 2. The number of aromatic nitrogens is 2. The Morgan fingerprint density at radius 1 is 1.38 bits per heavy atom. The number of aromatic carboxylic acids is 1. The lowest BCUT2D eigenvalue weighted by Gasteiger charge is -2.11. The molecule has 0 aliphatic heterocycles. The number of benzene rings is 2. The summed E-state index contributed by atoms with van der Waals surface area (Å²) in [5.74, 6) is -1.39. The van der Waals surface area contributed by atoms with E-state index in [-0.39, 0.29) is 11.4 Å². The molecule has 0 aliphatic rings. The number of imidazole rings is 1. The van der Waals surface area contributed by atoms with Crippen molar-refractivity contribution in [2.75, 3.05) is 0 Å². The zero-order chi connectivity index (χ0) is 15.1. The van der Waals surface area contributed by atoms with E-state index < -0.39 is 5.97 Å². The Kier molecular flexibility index (Phi) is 3.25. The van der Waals surface area contributed by atoms with Gasteiger partial charge in [-0.1, -0.05) is 6.07 Å². The van der Waals surface area contributed by atoms with Crippen LogP contribution in [0.4, 0.5) is 4.39 Å². The van der Waals surface area contributed by atoms with E-state index in [0.717, 1.165) is 0 Å². The molecule has 0 atom stereocenters. The average molecular weight is 349 g/mol. The number of hydrogen-bond donors (Lipinski definition) is 1. The van der Waals surface area contributed by atoms with Gasteiger partial charge in [-0.3, -0.25) is 4.57 Å². The van der Waals surface area contributed by atoms with Crippen LogP contribution >= 0.6 is 15.9 Å². The third-order valence-electron chi connectivity index (χ3n) is 3.30. The highest BCUT2D eigenvalue weighted by atomic mass is 79.9. The summed E-state index contributed by atoms with van der Waals surface area (Å²) in [4.78, 5) is 15.6. The van der Waals surface area contributed by atoms with Gasteiger partial charge in [-0.15, -0.1) is 0 Å². The molecule has 1 N–H and O–H groups in total. The molecule has 0 saturated heterocycles. The van der Waals surface area contributed by atoms with Gasteiger partial charge >= 0.3 is 5.97 Å². The van der Waals surface area contributed by atoms with Crippen molar-refractivity contribution >= 4 is 32.9 Å². The molecule has 3 rings (SSSR count). The van der Waals surface area contributed by atoms with Crippen LogP contribution in [-0.4, -0.2) is 20.6 Å². The quantitative estimate of drug-likeness (QED) is 0.763. The molecule has 0 fully saturated rings. The minimum atomic E-state index is -1.03. The lowest BCUT2D eigenvalue weighted by atomic mass is 10.1. The number of hydrogen-bond acceptors (Lipinski definition) is 2. The molecule has 0 radical (unpaired) electrons. The second kappa shape index (κ2) is 4.96. The molecule has 21 heavy (non-hydrogen) atoms. The van der Waals surface area contributed by atoms with E-state index in [1.807, 2.05) is 0 Å². The fourth-order valence-corrected chi connectivity index (χ4v) is 2.65. The summed E-state index contributed by atoms with van der Waals surface area (Å²) in [6.45, 7) is 1.76. The van der Waals surface area contributed by atoms with Crippen molar-refractivity contribution in [1.82, 2.24) is 9.55 Å². The van der Waals surface area contributed by atoms with Crippen LogP contribution in [0, 0.1) is 12.7 Å².